The third kappa shape index (κ3) is 4.85. The first-order valence-corrected chi connectivity index (χ1v) is 7.40. The minimum Gasteiger partial charge on any atom is -0.207 e. The SMILES string of the molecule is O=S(=O)(NC/C=C/CCl)c1cc(Cl)cc(Cl)c1. The lowest BCUT2D eigenvalue weighted by molar-refractivity contribution is 0.585. The van der Waals surface area contributed by atoms with Crippen LogP contribution in [-0.4, -0.2) is 20.8 Å². The summed E-state index contributed by atoms with van der Waals surface area (Å²) in [6.07, 6.45) is 3.27. The number of alkyl halides is 1. The van der Waals surface area contributed by atoms with E-state index in [-0.39, 0.29) is 21.5 Å². The van der Waals surface area contributed by atoms with Crippen LogP contribution < -0.4 is 4.72 Å². The highest BCUT2D eigenvalue weighted by molar-refractivity contribution is 7.89. The smallest absolute Gasteiger partial charge is 0.207 e. The lowest BCUT2D eigenvalue weighted by Crippen LogP contribution is -2.23. The van der Waals surface area contributed by atoms with Crippen molar-refractivity contribution >= 4 is 44.8 Å². The summed E-state index contributed by atoms with van der Waals surface area (Å²) in [4.78, 5) is 0.0364. The van der Waals surface area contributed by atoms with Gasteiger partial charge in [0, 0.05) is 22.5 Å². The lowest BCUT2D eigenvalue weighted by Gasteiger charge is -2.05. The van der Waals surface area contributed by atoms with Crippen molar-refractivity contribution in [3.05, 3.63) is 40.4 Å². The van der Waals surface area contributed by atoms with E-state index in [1.807, 2.05) is 0 Å². The van der Waals surface area contributed by atoms with Gasteiger partial charge in [-0.25, -0.2) is 13.1 Å². The second kappa shape index (κ2) is 6.61. The molecule has 0 aromatic heterocycles. The molecule has 17 heavy (non-hydrogen) atoms. The average Bonchev–Trinajstić information content (AvgIpc) is 2.23. The molecule has 0 heterocycles. The Morgan fingerprint density at radius 3 is 2.24 bits per heavy atom. The Kier molecular flexibility index (Phi) is 5.76. The summed E-state index contributed by atoms with van der Waals surface area (Å²) in [5.41, 5.74) is 0. The minimum absolute atomic E-state index is 0.0364. The largest absolute Gasteiger partial charge is 0.240 e. The normalized spacial score (nSPS) is 12.2. The van der Waals surface area contributed by atoms with E-state index in [2.05, 4.69) is 4.72 Å². The average molecular weight is 315 g/mol. The number of benzene rings is 1. The zero-order valence-corrected chi connectivity index (χ0v) is 11.7. The van der Waals surface area contributed by atoms with E-state index in [1.54, 1.807) is 12.2 Å². The zero-order chi connectivity index (χ0) is 12.9. The molecule has 0 aliphatic carbocycles. The molecule has 0 saturated carbocycles. The summed E-state index contributed by atoms with van der Waals surface area (Å²) in [6.45, 7) is 0.166. The van der Waals surface area contributed by atoms with Crippen molar-refractivity contribution in [2.24, 2.45) is 0 Å². The maximum absolute atomic E-state index is 11.8. The second-order valence-electron chi connectivity index (χ2n) is 3.08. The molecule has 0 amide bonds. The Bertz CT molecular complexity index is 494. The van der Waals surface area contributed by atoms with Crippen LogP contribution in [0.3, 0.4) is 0 Å². The van der Waals surface area contributed by atoms with Gasteiger partial charge in [0.25, 0.3) is 0 Å². The third-order valence-corrected chi connectivity index (χ3v) is 3.81. The van der Waals surface area contributed by atoms with Crippen molar-refractivity contribution in [1.82, 2.24) is 4.72 Å². The molecule has 1 aromatic rings. The Balaban J connectivity index is 2.86. The Morgan fingerprint density at radius 2 is 1.71 bits per heavy atom. The molecule has 0 saturated heterocycles. The predicted octanol–water partition coefficient (Wildman–Crippen LogP) is 3.07. The number of halogens is 3. The minimum atomic E-state index is -3.60. The van der Waals surface area contributed by atoms with Crippen LogP contribution in [0.2, 0.25) is 10.0 Å². The maximum Gasteiger partial charge on any atom is 0.240 e. The van der Waals surface area contributed by atoms with Crippen molar-refractivity contribution < 1.29 is 8.42 Å². The van der Waals surface area contributed by atoms with Gasteiger partial charge < -0.3 is 0 Å². The summed E-state index contributed by atoms with van der Waals surface area (Å²) in [5, 5.41) is 0.545. The second-order valence-corrected chi connectivity index (χ2v) is 6.03. The quantitative estimate of drug-likeness (QED) is 0.670. The van der Waals surface area contributed by atoms with Gasteiger partial charge >= 0.3 is 0 Å². The molecule has 7 heteroatoms. The Hall–Kier alpha value is -0.260. The van der Waals surface area contributed by atoms with E-state index >= 15 is 0 Å². The van der Waals surface area contributed by atoms with Gasteiger partial charge in [-0.15, -0.1) is 11.6 Å². The summed E-state index contributed by atoms with van der Waals surface area (Å²) in [7, 11) is -3.60. The molecule has 1 aromatic carbocycles. The van der Waals surface area contributed by atoms with E-state index in [0.29, 0.717) is 5.88 Å². The summed E-state index contributed by atoms with van der Waals surface area (Å²) in [5.74, 6) is 0.338. The van der Waals surface area contributed by atoms with Gasteiger partial charge in [0.05, 0.1) is 4.90 Å². The highest BCUT2D eigenvalue weighted by Gasteiger charge is 2.14. The molecule has 1 rings (SSSR count). The van der Waals surface area contributed by atoms with E-state index < -0.39 is 10.0 Å². The van der Waals surface area contributed by atoms with E-state index in [4.69, 9.17) is 34.8 Å². The first kappa shape index (κ1) is 14.8. The monoisotopic (exact) mass is 313 g/mol. The van der Waals surface area contributed by atoms with Crippen molar-refractivity contribution in [3.63, 3.8) is 0 Å². The summed E-state index contributed by atoms with van der Waals surface area (Å²) >= 11 is 16.9. The molecule has 0 fully saturated rings. The number of hydrogen-bond donors (Lipinski definition) is 1. The van der Waals surface area contributed by atoms with Crippen LogP contribution in [0.15, 0.2) is 35.2 Å². The van der Waals surface area contributed by atoms with Crippen LogP contribution in [0.5, 0.6) is 0 Å². The van der Waals surface area contributed by atoms with E-state index in [1.165, 1.54) is 18.2 Å². The van der Waals surface area contributed by atoms with Crippen LogP contribution in [0.4, 0.5) is 0 Å². The summed E-state index contributed by atoms with van der Waals surface area (Å²) < 4.78 is 26.0. The Morgan fingerprint density at radius 1 is 1.12 bits per heavy atom. The molecule has 3 nitrogen and oxygen atoms in total. The molecule has 1 N–H and O–H groups in total. The van der Waals surface area contributed by atoms with Crippen LogP contribution in [0.1, 0.15) is 0 Å². The van der Waals surface area contributed by atoms with Crippen molar-refractivity contribution in [2.75, 3.05) is 12.4 Å². The molecular weight excluding hydrogens is 305 g/mol. The van der Waals surface area contributed by atoms with Crippen LogP contribution in [0, 0.1) is 0 Å². The van der Waals surface area contributed by atoms with Gasteiger partial charge in [0.1, 0.15) is 0 Å². The molecule has 94 valence electrons. The number of hydrogen-bond acceptors (Lipinski definition) is 2. The van der Waals surface area contributed by atoms with Crippen LogP contribution in [-0.2, 0) is 10.0 Å². The molecule has 0 bridgehead atoms. The van der Waals surface area contributed by atoms with Gasteiger partial charge in [-0.1, -0.05) is 35.4 Å². The van der Waals surface area contributed by atoms with Gasteiger partial charge in [0.15, 0.2) is 0 Å². The highest BCUT2D eigenvalue weighted by Crippen LogP contribution is 2.21. The molecule has 0 atom stereocenters. The molecule has 0 aliphatic heterocycles. The van der Waals surface area contributed by atoms with Crippen molar-refractivity contribution in [1.29, 1.82) is 0 Å². The molecule has 0 unspecified atom stereocenters. The Labute approximate surface area is 115 Å². The highest BCUT2D eigenvalue weighted by atomic mass is 35.5. The standard InChI is InChI=1S/C10H10Cl3NO2S/c11-3-1-2-4-14-17(15,16)10-6-8(12)5-9(13)7-10/h1-2,5-7,14H,3-4H2/b2-1+. The molecule has 0 aliphatic rings. The fourth-order valence-electron chi connectivity index (χ4n) is 1.07. The molecular formula is C10H10Cl3NO2S. The fourth-order valence-corrected chi connectivity index (χ4v) is 2.90. The van der Waals surface area contributed by atoms with Gasteiger partial charge in [0.2, 0.25) is 10.0 Å². The van der Waals surface area contributed by atoms with E-state index in [9.17, 15) is 8.42 Å². The predicted molar refractivity (Wildman–Crippen MR) is 71.5 cm³/mol. The maximum atomic E-state index is 11.8. The lowest BCUT2D eigenvalue weighted by atomic mass is 10.4. The number of sulfonamides is 1. The topological polar surface area (TPSA) is 46.2 Å². The third-order valence-electron chi connectivity index (χ3n) is 1.79. The van der Waals surface area contributed by atoms with Gasteiger partial charge in [-0.2, -0.15) is 0 Å². The zero-order valence-electron chi connectivity index (χ0n) is 8.66. The first-order valence-electron chi connectivity index (χ1n) is 4.62. The molecule has 0 spiro atoms. The van der Waals surface area contributed by atoms with Crippen LogP contribution in [0.25, 0.3) is 0 Å². The summed E-state index contributed by atoms with van der Waals surface area (Å²) in [6, 6.07) is 4.14. The fraction of sp³-hybridized carbons (Fsp3) is 0.200. The number of allylic oxidation sites excluding steroid dienone is 1. The first-order chi connectivity index (χ1) is 7.95. The van der Waals surface area contributed by atoms with Crippen molar-refractivity contribution in [3.8, 4) is 0 Å². The number of nitrogens with one attached hydrogen (secondary N) is 1. The van der Waals surface area contributed by atoms with Crippen LogP contribution >= 0.6 is 34.8 Å². The number of rotatable bonds is 5. The van der Waals surface area contributed by atoms with E-state index in [0.717, 1.165) is 0 Å². The van der Waals surface area contributed by atoms with Gasteiger partial charge in [-0.05, 0) is 18.2 Å². The van der Waals surface area contributed by atoms with Crippen molar-refractivity contribution in [2.45, 2.75) is 4.90 Å². The van der Waals surface area contributed by atoms with Gasteiger partial charge in [-0.3, -0.25) is 0 Å². The molecule has 0 radical (unpaired) electrons.